The maximum Gasteiger partial charge on any atom is 0.356 e. The van der Waals surface area contributed by atoms with Crippen LogP contribution in [-0.2, 0) is 19.1 Å². The van der Waals surface area contributed by atoms with Gasteiger partial charge >= 0.3 is 5.97 Å². The average molecular weight is 215 g/mol. The van der Waals surface area contributed by atoms with Crippen LogP contribution in [0.3, 0.4) is 0 Å². The number of hydrogen-bond acceptors (Lipinski definition) is 4. The number of carbonyl (C=O) groups is 2. The van der Waals surface area contributed by atoms with E-state index in [-0.39, 0.29) is 6.61 Å². The second kappa shape index (κ2) is 7.00. The van der Waals surface area contributed by atoms with Crippen molar-refractivity contribution in [2.75, 3.05) is 13.2 Å². The lowest BCUT2D eigenvalue weighted by Crippen LogP contribution is -2.44. The Kier molecular flexibility index (Phi) is 6.37. The molecule has 0 aliphatic heterocycles. The number of ether oxygens (including phenoxy) is 2. The first-order chi connectivity index (χ1) is 7.02. The summed E-state index contributed by atoms with van der Waals surface area (Å²) in [6, 6.07) is 0. The summed E-state index contributed by atoms with van der Waals surface area (Å²) >= 11 is 0. The maximum atomic E-state index is 11.3. The van der Waals surface area contributed by atoms with Gasteiger partial charge in [-0.25, -0.2) is 4.79 Å². The Bertz CT molecular complexity index is 250. The van der Waals surface area contributed by atoms with Crippen LogP contribution in [0.1, 0.15) is 20.8 Å². The molecule has 1 N–H and O–H groups in total. The van der Waals surface area contributed by atoms with Crippen molar-refractivity contribution in [3.05, 3.63) is 12.2 Å². The van der Waals surface area contributed by atoms with Crippen LogP contribution in [0.2, 0.25) is 0 Å². The van der Waals surface area contributed by atoms with Gasteiger partial charge in [-0.2, -0.15) is 0 Å². The van der Waals surface area contributed by atoms with Gasteiger partial charge in [0.05, 0.1) is 6.61 Å². The Morgan fingerprint density at radius 2 is 1.93 bits per heavy atom. The lowest BCUT2D eigenvalue weighted by molar-refractivity contribution is -0.160. The van der Waals surface area contributed by atoms with E-state index in [1.807, 2.05) is 0 Å². The number of carbonyl (C=O) groups excluding carboxylic acids is 2. The van der Waals surface area contributed by atoms with Gasteiger partial charge in [0.25, 0.3) is 0 Å². The fourth-order valence-corrected chi connectivity index (χ4v) is 0.796. The Balaban J connectivity index is 4.32. The van der Waals surface area contributed by atoms with Gasteiger partial charge in [-0.15, -0.1) is 0 Å². The monoisotopic (exact) mass is 215 g/mol. The van der Waals surface area contributed by atoms with Crippen LogP contribution in [0.15, 0.2) is 12.2 Å². The van der Waals surface area contributed by atoms with Crippen molar-refractivity contribution in [2.45, 2.75) is 27.0 Å². The van der Waals surface area contributed by atoms with Crippen LogP contribution in [0.4, 0.5) is 0 Å². The highest BCUT2D eigenvalue weighted by atomic mass is 16.6. The number of nitrogens with one attached hydrogen (secondary N) is 1. The molecule has 5 heteroatoms. The van der Waals surface area contributed by atoms with Crippen LogP contribution in [0.25, 0.3) is 0 Å². The Morgan fingerprint density at radius 1 is 1.33 bits per heavy atom. The Morgan fingerprint density at radius 3 is 2.33 bits per heavy atom. The van der Waals surface area contributed by atoms with E-state index < -0.39 is 18.1 Å². The molecule has 5 nitrogen and oxygen atoms in total. The summed E-state index contributed by atoms with van der Waals surface area (Å²) in [5, 5.41) is 2.37. The molecular weight excluding hydrogens is 198 g/mol. The molecule has 0 fully saturated rings. The van der Waals surface area contributed by atoms with E-state index in [0.717, 1.165) is 0 Å². The predicted molar refractivity (Wildman–Crippen MR) is 55.0 cm³/mol. The summed E-state index contributed by atoms with van der Waals surface area (Å²) in [5.41, 5.74) is 0.309. The summed E-state index contributed by atoms with van der Waals surface area (Å²) in [4.78, 5) is 22.5. The quantitative estimate of drug-likeness (QED) is 0.400. The van der Waals surface area contributed by atoms with Crippen molar-refractivity contribution in [3.8, 4) is 0 Å². The first-order valence-electron chi connectivity index (χ1n) is 4.77. The van der Waals surface area contributed by atoms with Crippen LogP contribution in [0, 0.1) is 0 Å². The Hall–Kier alpha value is -1.36. The van der Waals surface area contributed by atoms with E-state index >= 15 is 0 Å². The van der Waals surface area contributed by atoms with Crippen molar-refractivity contribution in [1.82, 2.24) is 5.32 Å². The molecule has 0 rings (SSSR count). The summed E-state index contributed by atoms with van der Waals surface area (Å²) in [6.45, 7) is 8.95. The van der Waals surface area contributed by atoms with Crippen LogP contribution in [-0.4, -0.2) is 31.3 Å². The first kappa shape index (κ1) is 13.6. The molecule has 0 radical (unpaired) electrons. The minimum Gasteiger partial charge on any atom is -0.463 e. The normalized spacial score (nSPS) is 11.7. The van der Waals surface area contributed by atoms with Gasteiger partial charge in [-0.1, -0.05) is 6.58 Å². The molecule has 0 bridgehead atoms. The van der Waals surface area contributed by atoms with E-state index in [1.54, 1.807) is 20.8 Å². The van der Waals surface area contributed by atoms with Gasteiger partial charge in [0.15, 0.2) is 0 Å². The fraction of sp³-hybridized carbons (Fsp3) is 0.600. The van der Waals surface area contributed by atoms with E-state index in [4.69, 9.17) is 9.47 Å². The van der Waals surface area contributed by atoms with Gasteiger partial charge in [-0.05, 0) is 20.8 Å². The number of amides is 1. The predicted octanol–water partition coefficient (Wildman–Crippen LogP) is 0.604. The topological polar surface area (TPSA) is 64.6 Å². The summed E-state index contributed by atoms with van der Waals surface area (Å²) in [6.07, 6.45) is -1.06. The summed E-state index contributed by atoms with van der Waals surface area (Å²) in [7, 11) is 0. The third-order valence-electron chi connectivity index (χ3n) is 1.48. The Labute approximate surface area is 89.4 Å². The molecule has 0 spiro atoms. The molecule has 0 aromatic rings. The summed E-state index contributed by atoms with van der Waals surface area (Å²) < 4.78 is 9.76. The largest absolute Gasteiger partial charge is 0.463 e. The molecule has 0 heterocycles. The third kappa shape index (κ3) is 5.17. The smallest absolute Gasteiger partial charge is 0.356 e. The standard InChI is InChI=1S/C10H17NO4/c1-5-14-9(10(13)15-6-2)11-8(12)7(3)4/h9H,3,5-6H2,1-2,4H3,(H,11,12). The molecule has 0 aliphatic rings. The highest BCUT2D eigenvalue weighted by Crippen LogP contribution is 1.95. The minimum atomic E-state index is -1.06. The first-order valence-corrected chi connectivity index (χ1v) is 4.77. The van der Waals surface area contributed by atoms with Crippen molar-refractivity contribution in [1.29, 1.82) is 0 Å². The van der Waals surface area contributed by atoms with Crippen LogP contribution < -0.4 is 5.32 Å². The van der Waals surface area contributed by atoms with Gasteiger partial charge in [-0.3, -0.25) is 4.79 Å². The van der Waals surface area contributed by atoms with Crippen molar-refractivity contribution < 1.29 is 19.1 Å². The van der Waals surface area contributed by atoms with Gasteiger partial charge in [0.2, 0.25) is 12.1 Å². The second-order valence-electron chi connectivity index (χ2n) is 2.84. The molecule has 15 heavy (non-hydrogen) atoms. The third-order valence-corrected chi connectivity index (χ3v) is 1.48. The SMILES string of the molecule is C=C(C)C(=O)NC(OCC)C(=O)OCC. The molecule has 0 aromatic carbocycles. The number of esters is 1. The number of hydrogen-bond donors (Lipinski definition) is 1. The van der Waals surface area contributed by atoms with Crippen molar-refractivity contribution in [3.63, 3.8) is 0 Å². The minimum absolute atomic E-state index is 0.241. The molecule has 1 unspecified atom stereocenters. The molecule has 0 aromatic heterocycles. The average Bonchev–Trinajstić information content (AvgIpc) is 2.17. The van der Waals surface area contributed by atoms with Crippen molar-refractivity contribution in [2.24, 2.45) is 0 Å². The lowest BCUT2D eigenvalue weighted by Gasteiger charge is -2.16. The van der Waals surface area contributed by atoms with Crippen LogP contribution >= 0.6 is 0 Å². The molecule has 1 amide bonds. The van der Waals surface area contributed by atoms with Crippen LogP contribution in [0.5, 0.6) is 0 Å². The van der Waals surface area contributed by atoms with E-state index in [1.165, 1.54) is 0 Å². The van der Waals surface area contributed by atoms with Gasteiger partial charge < -0.3 is 14.8 Å². The second-order valence-corrected chi connectivity index (χ2v) is 2.84. The zero-order valence-corrected chi connectivity index (χ0v) is 9.33. The molecule has 0 saturated heterocycles. The van der Waals surface area contributed by atoms with Gasteiger partial charge in [0.1, 0.15) is 0 Å². The highest BCUT2D eigenvalue weighted by molar-refractivity contribution is 5.94. The molecule has 0 saturated carbocycles. The fourth-order valence-electron chi connectivity index (χ4n) is 0.796. The maximum absolute atomic E-state index is 11.3. The lowest BCUT2D eigenvalue weighted by atomic mass is 10.3. The van der Waals surface area contributed by atoms with E-state index in [9.17, 15) is 9.59 Å². The number of rotatable bonds is 6. The molecule has 0 aliphatic carbocycles. The molecular formula is C10H17NO4. The van der Waals surface area contributed by atoms with Gasteiger partial charge in [0, 0.05) is 12.2 Å². The molecule has 86 valence electrons. The zero-order valence-electron chi connectivity index (χ0n) is 9.33. The van der Waals surface area contributed by atoms with E-state index in [0.29, 0.717) is 12.2 Å². The van der Waals surface area contributed by atoms with E-state index in [2.05, 4.69) is 11.9 Å². The highest BCUT2D eigenvalue weighted by Gasteiger charge is 2.22. The zero-order chi connectivity index (χ0) is 11.8. The molecule has 1 atom stereocenters. The summed E-state index contributed by atoms with van der Waals surface area (Å²) in [5.74, 6) is -1.03. The van der Waals surface area contributed by atoms with Crippen molar-refractivity contribution >= 4 is 11.9 Å².